The second-order valence-electron chi connectivity index (χ2n) is 2.72. The SMILES string of the molecule is CCCn1nnc2nc[nH]c2c1=O. The molecule has 68 valence electrons. The second kappa shape index (κ2) is 2.96. The Morgan fingerprint density at radius 3 is 3.23 bits per heavy atom. The molecular weight excluding hydrogens is 170 g/mol. The minimum absolute atomic E-state index is 0.163. The van der Waals surface area contributed by atoms with E-state index in [-0.39, 0.29) is 5.56 Å². The molecule has 6 heteroatoms. The van der Waals surface area contributed by atoms with Crippen molar-refractivity contribution in [3.05, 3.63) is 16.7 Å². The summed E-state index contributed by atoms with van der Waals surface area (Å²) in [5.41, 5.74) is 0.630. The summed E-state index contributed by atoms with van der Waals surface area (Å²) < 4.78 is 1.33. The number of aromatic nitrogens is 5. The van der Waals surface area contributed by atoms with Gasteiger partial charge in [0.25, 0.3) is 5.56 Å². The van der Waals surface area contributed by atoms with Gasteiger partial charge in [0.05, 0.1) is 6.33 Å². The molecule has 0 aliphatic carbocycles. The number of rotatable bonds is 2. The highest BCUT2D eigenvalue weighted by molar-refractivity contribution is 5.67. The van der Waals surface area contributed by atoms with Gasteiger partial charge in [-0.2, -0.15) is 0 Å². The Labute approximate surface area is 73.6 Å². The Kier molecular flexibility index (Phi) is 1.80. The molecule has 2 heterocycles. The average molecular weight is 179 g/mol. The number of aromatic amines is 1. The van der Waals surface area contributed by atoms with Gasteiger partial charge in [0, 0.05) is 6.54 Å². The topological polar surface area (TPSA) is 76.5 Å². The van der Waals surface area contributed by atoms with Gasteiger partial charge >= 0.3 is 0 Å². The van der Waals surface area contributed by atoms with Crippen LogP contribution in [0, 0.1) is 0 Å². The molecule has 0 saturated heterocycles. The first-order valence-corrected chi connectivity index (χ1v) is 4.10. The zero-order valence-electron chi connectivity index (χ0n) is 7.19. The number of hydrogen-bond donors (Lipinski definition) is 1. The van der Waals surface area contributed by atoms with Crippen LogP contribution in [0.4, 0.5) is 0 Å². The Morgan fingerprint density at radius 2 is 2.46 bits per heavy atom. The van der Waals surface area contributed by atoms with Crippen LogP contribution in [-0.4, -0.2) is 25.0 Å². The molecule has 0 bridgehead atoms. The maximum atomic E-state index is 11.6. The Morgan fingerprint density at radius 1 is 1.62 bits per heavy atom. The lowest BCUT2D eigenvalue weighted by Gasteiger charge is -1.98. The van der Waals surface area contributed by atoms with Gasteiger partial charge in [-0.05, 0) is 6.42 Å². The molecule has 6 nitrogen and oxygen atoms in total. The van der Waals surface area contributed by atoms with Crippen LogP contribution in [0.15, 0.2) is 11.1 Å². The van der Waals surface area contributed by atoms with E-state index in [1.807, 2.05) is 6.92 Å². The van der Waals surface area contributed by atoms with Crippen LogP contribution < -0.4 is 5.56 Å². The Balaban J connectivity index is 2.67. The lowest BCUT2D eigenvalue weighted by molar-refractivity contribution is 0.540. The van der Waals surface area contributed by atoms with Crippen LogP contribution in [0.5, 0.6) is 0 Å². The van der Waals surface area contributed by atoms with Gasteiger partial charge in [-0.15, -0.1) is 5.10 Å². The number of nitrogens with zero attached hydrogens (tertiary/aromatic N) is 4. The van der Waals surface area contributed by atoms with Crippen molar-refractivity contribution in [3.63, 3.8) is 0 Å². The van der Waals surface area contributed by atoms with E-state index >= 15 is 0 Å². The van der Waals surface area contributed by atoms with Crippen molar-refractivity contribution in [3.8, 4) is 0 Å². The molecule has 0 unspecified atom stereocenters. The smallest absolute Gasteiger partial charge is 0.295 e. The van der Waals surface area contributed by atoms with Crippen LogP contribution in [0.1, 0.15) is 13.3 Å². The zero-order chi connectivity index (χ0) is 9.26. The highest BCUT2D eigenvalue weighted by Gasteiger charge is 2.05. The second-order valence-corrected chi connectivity index (χ2v) is 2.72. The molecule has 0 amide bonds. The normalized spacial score (nSPS) is 10.8. The van der Waals surface area contributed by atoms with Gasteiger partial charge < -0.3 is 4.98 Å². The van der Waals surface area contributed by atoms with Crippen molar-refractivity contribution in [2.45, 2.75) is 19.9 Å². The molecule has 0 aromatic carbocycles. The van der Waals surface area contributed by atoms with Gasteiger partial charge in [-0.25, -0.2) is 9.67 Å². The van der Waals surface area contributed by atoms with Crippen LogP contribution in [-0.2, 0) is 6.54 Å². The number of H-pyrrole nitrogens is 1. The molecular formula is C7H9N5O. The third kappa shape index (κ3) is 1.20. The summed E-state index contributed by atoms with van der Waals surface area (Å²) in [6, 6.07) is 0. The predicted molar refractivity (Wildman–Crippen MR) is 46.2 cm³/mol. The maximum absolute atomic E-state index is 11.6. The summed E-state index contributed by atoms with van der Waals surface area (Å²) in [4.78, 5) is 18.1. The minimum Gasteiger partial charge on any atom is -0.339 e. The zero-order valence-corrected chi connectivity index (χ0v) is 7.19. The molecule has 13 heavy (non-hydrogen) atoms. The van der Waals surface area contributed by atoms with E-state index < -0.39 is 0 Å². The largest absolute Gasteiger partial charge is 0.339 e. The van der Waals surface area contributed by atoms with Gasteiger partial charge in [0.2, 0.25) is 5.65 Å². The third-order valence-corrected chi connectivity index (χ3v) is 1.75. The summed E-state index contributed by atoms with van der Waals surface area (Å²) >= 11 is 0. The predicted octanol–water partition coefficient (Wildman–Crippen LogP) is -0.0754. The number of aryl methyl sites for hydroxylation is 1. The van der Waals surface area contributed by atoms with Gasteiger partial charge in [0.15, 0.2) is 5.52 Å². The summed E-state index contributed by atoms with van der Waals surface area (Å²) in [6.07, 6.45) is 2.30. The lowest BCUT2D eigenvalue weighted by Crippen LogP contribution is -2.24. The first kappa shape index (κ1) is 7.90. The first-order valence-electron chi connectivity index (χ1n) is 4.10. The highest BCUT2D eigenvalue weighted by atomic mass is 16.1. The fourth-order valence-electron chi connectivity index (χ4n) is 1.14. The molecule has 2 rings (SSSR count). The van der Waals surface area contributed by atoms with Crippen molar-refractivity contribution < 1.29 is 0 Å². The van der Waals surface area contributed by atoms with E-state index in [4.69, 9.17) is 0 Å². The molecule has 0 fully saturated rings. The molecule has 0 spiro atoms. The van der Waals surface area contributed by atoms with E-state index in [0.29, 0.717) is 17.7 Å². The fraction of sp³-hybridized carbons (Fsp3) is 0.429. The Hall–Kier alpha value is -1.72. The Bertz CT molecular complexity index is 471. The van der Waals surface area contributed by atoms with Gasteiger partial charge in [-0.1, -0.05) is 12.1 Å². The van der Waals surface area contributed by atoms with Crippen LogP contribution in [0.3, 0.4) is 0 Å². The van der Waals surface area contributed by atoms with Gasteiger partial charge in [-0.3, -0.25) is 4.79 Å². The van der Waals surface area contributed by atoms with Crippen LogP contribution >= 0.6 is 0 Å². The van der Waals surface area contributed by atoms with E-state index in [1.54, 1.807) is 0 Å². The number of hydrogen-bond acceptors (Lipinski definition) is 4. The molecule has 0 aliphatic heterocycles. The maximum Gasteiger partial charge on any atom is 0.295 e. The highest BCUT2D eigenvalue weighted by Crippen LogP contribution is 1.95. The molecule has 2 aromatic rings. The van der Waals surface area contributed by atoms with E-state index in [0.717, 1.165) is 6.42 Å². The molecule has 0 atom stereocenters. The monoisotopic (exact) mass is 179 g/mol. The summed E-state index contributed by atoms with van der Waals surface area (Å²) in [5.74, 6) is 0. The number of fused-ring (bicyclic) bond motifs is 1. The minimum atomic E-state index is -0.163. The summed E-state index contributed by atoms with van der Waals surface area (Å²) in [6.45, 7) is 2.56. The van der Waals surface area contributed by atoms with E-state index in [9.17, 15) is 4.79 Å². The quantitative estimate of drug-likeness (QED) is 0.699. The standard InChI is InChI=1S/C7H9N5O/c1-2-3-12-7(13)5-6(10-11-12)9-4-8-5/h4H,2-3H2,1H3,(H,8,9). The first-order chi connectivity index (χ1) is 6.33. The lowest BCUT2D eigenvalue weighted by atomic mass is 10.5. The molecule has 0 aliphatic rings. The average Bonchev–Trinajstić information content (AvgIpc) is 2.58. The number of imidazole rings is 1. The van der Waals surface area contributed by atoms with E-state index in [1.165, 1.54) is 11.0 Å². The molecule has 0 radical (unpaired) electrons. The van der Waals surface area contributed by atoms with Crippen molar-refractivity contribution in [1.29, 1.82) is 0 Å². The van der Waals surface area contributed by atoms with Crippen molar-refractivity contribution >= 4 is 11.2 Å². The van der Waals surface area contributed by atoms with Crippen molar-refractivity contribution in [2.24, 2.45) is 0 Å². The van der Waals surface area contributed by atoms with Crippen molar-refractivity contribution in [2.75, 3.05) is 0 Å². The van der Waals surface area contributed by atoms with Crippen LogP contribution in [0.2, 0.25) is 0 Å². The van der Waals surface area contributed by atoms with Crippen molar-refractivity contribution in [1.82, 2.24) is 25.0 Å². The van der Waals surface area contributed by atoms with Crippen LogP contribution in [0.25, 0.3) is 11.2 Å². The molecule has 2 aromatic heterocycles. The molecule has 1 N–H and O–H groups in total. The fourth-order valence-corrected chi connectivity index (χ4v) is 1.14. The summed E-state index contributed by atoms with van der Waals surface area (Å²) in [7, 11) is 0. The van der Waals surface area contributed by atoms with Gasteiger partial charge in [0.1, 0.15) is 0 Å². The molecule has 0 saturated carbocycles. The number of nitrogens with one attached hydrogen (secondary N) is 1. The third-order valence-electron chi connectivity index (χ3n) is 1.75. The summed E-state index contributed by atoms with van der Waals surface area (Å²) in [5, 5.41) is 7.53. The van der Waals surface area contributed by atoms with E-state index in [2.05, 4.69) is 20.3 Å².